The van der Waals surface area contributed by atoms with E-state index in [1.54, 1.807) is 11.3 Å². The van der Waals surface area contributed by atoms with Crippen molar-refractivity contribution in [2.75, 3.05) is 13.1 Å². The molecule has 3 atom stereocenters. The van der Waals surface area contributed by atoms with Gasteiger partial charge in [-0.05, 0) is 34.7 Å². The summed E-state index contributed by atoms with van der Waals surface area (Å²) in [6.45, 7) is 1.26. The maximum atomic E-state index is 11.6. The van der Waals surface area contributed by atoms with E-state index in [9.17, 15) is 14.7 Å². The van der Waals surface area contributed by atoms with Gasteiger partial charge in [-0.2, -0.15) is 11.3 Å². The zero-order valence-corrected chi connectivity index (χ0v) is 12.8. The van der Waals surface area contributed by atoms with Crippen molar-refractivity contribution in [3.63, 3.8) is 0 Å². The molecule has 0 spiro atoms. The van der Waals surface area contributed by atoms with Gasteiger partial charge in [0.25, 0.3) is 0 Å². The number of hydrogen-bond donors (Lipinski definition) is 1. The van der Waals surface area contributed by atoms with Crippen LogP contribution in [-0.4, -0.2) is 41.4 Å². The van der Waals surface area contributed by atoms with Crippen LogP contribution in [0.2, 0.25) is 0 Å². The molecular weight excluding hydrogens is 286 g/mol. The average molecular weight is 307 g/mol. The summed E-state index contributed by atoms with van der Waals surface area (Å²) in [7, 11) is 0. The van der Waals surface area contributed by atoms with Gasteiger partial charge in [-0.25, -0.2) is 0 Å². The van der Waals surface area contributed by atoms with Gasteiger partial charge in [0.05, 0.1) is 0 Å². The molecule has 0 bridgehead atoms. The zero-order valence-electron chi connectivity index (χ0n) is 12.0. The molecule has 2 aliphatic rings. The largest absolute Gasteiger partial charge is 0.480 e. The summed E-state index contributed by atoms with van der Waals surface area (Å²) in [5, 5.41) is 13.6. The molecule has 1 N–H and O–H groups in total. The Balaban J connectivity index is 1.72. The Kier molecular flexibility index (Phi) is 4.40. The number of thiophene rings is 1. The minimum absolute atomic E-state index is 0.0807. The normalized spacial score (nSPS) is 28.2. The van der Waals surface area contributed by atoms with Crippen molar-refractivity contribution < 1.29 is 14.7 Å². The first kappa shape index (κ1) is 14.7. The number of likely N-dealkylation sites (tertiary alicyclic amines) is 1. The van der Waals surface area contributed by atoms with E-state index in [0.29, 0.717) is 19.0 Å². The molecule has 1 aliphatic carbocycles. The van der Waals surface area contributed by atoms with Crippen LogP contribution in [0.5, 0.6) is 0 Å². The molecule has 0 aromatic carbocycles. The van der Waals surface area contributed by atoms with Crippen LogP contribution < -0.4 is 0 Å². The Bertz CT molecular complexity index is 498. The van der Waals surface area contributed by atoms with Gasteiger partial charge in [0.1, 0.15) is 12.3 Å². The van der Waals surface area contributed by atoms with Crippen molar-refractivity contribution in [1.82, 2.24) is 4.90 Å². The molecule has 114 valence electrons. The lowest BCUT2D eigenvalue weighted by molar-refractivity contribution is -0.144. The van der Waals surface area contributed by atoms with Crippen molar-refractivity contribution in [1.29, 1.82) is 0 Å². The fourth-order valence-corrected chi connectivity index (χ4v) is 4.27. The van der Waals surface area contributed by atoms with Gasteiger partial charge >= 0.3 is 5.97 Å². The second kappa shape index (κ2) is 6.28. The summed E-state index contributed by atoms with van der Waals surface area (Å²) < 4.78 is 0. The van der Waals surface area contributed by atoms with Crippen LogP contribution in [0.4, 0.5) is 0 Å². The SMILES string of the molecule is O=CC1CN(C(CC2CCC2)C(=O)O)CC1c1ccsc1. The maximum absolute atomic E-state index is 11.6. The average Bonchev–Trinajstić information content (AvgIpc) is 3.05. The van der Waals surface area contributed by atoms with E-state index >= 15 is 0 Å². The molecule has 4 nitrogen and oxygen atoms in total. The molecule has 1 saturated heterocycles. The number of carboxylic acid groups (broad SMARTS) is 1. The van der Waals surface area contributed by atoms with Crippen molar-refractivity contribution in [2.45, 2.75) is 37.6 Å². The lowest BCUT2D eigenvalue weighted by Gasteiger charge is -2.32. The Labute approximate surface area is 128 Å². The summed E-state index contributed by atoms with van der Waals surface area (Å²) in [5.74, 6) is -0.113. The van der Waals surface area contributed by atoms with Gasteiger partial charge in [-0.15, -0.1) is 0 Å². The molecule has 2 fully saturated rings. The topological polar surface area (TPSA) is 57.6 Å². The van der Waals surface area contributed by atoms with E-state index in [0.717, 1.165) is 25.5 Å². The maximum Gasteiger partial charge on any atom is 0.320 e. The highest BCUT2D eigenvalue weighted by molar-refractivity contribution is 7.08. The lowest BCUT2D eigenvalue weighted by atomic mass is 9.80. The molecule has 2 heterocycles. The number of hydrogen-bond acceptors (Lipinski definition) is 4. The Morgan fingerprint density at radius 3 is 2.81 bits per heavy atom. The van der Waals surface area contributed by atoms with Crippen LogP contribution in [0, 0.1) is 11.8 Å². The monoisotopic (exact) mass is 307 g/mol. The van der Waals surface area contributed by atoms with Gasteiger partial charge in [0.15, 0.2) is 0 Å². The number of aldehydes is 1. The van der Waals surface area contributed by atoms with E-state index in [-0.39, 0.29) is 11.8 Å². The molecule has 1 aromatic heterocycles. The van der Waals surface area contributed by atoms with Crippen molar-refractivity contribution >= 4 is 23.6 Å². The fourth-order valence-electron chi connectivity index (χ4n) is 3.54. The fraction of sp³-hybridized carbons (Fsp3) is 0.625. The smallest absolute Gasteiger partial charge is 0.320 e. The molecule has 5 heteroatoms. The number of carbonyl (C=O) groups is 2. The summed E-state index contributed by atoms with van der Waals surface area (Å²) in [6, 6.07) is 1.62. The van der Waals surface area contributed by atoms with Crippen LogP contribution >= 0.6 is 11.3 Å². The van der Waals surface area contributed by atoms with E-state index < -0.39 is 12.0 Å². The van der Waals surface area contributed by atoms with Gasteiger partial charge in [-0.1, -0.05) is 19.3 Å². The number of carbonyl (C=O) groups excluding carboxylic acids is 1. The van der Waals surface area contributed by atoms with Crippen LogP contribution in [0.15, 0.2) is 16.8 Å². The zero-order chi connectivity index (χ0) is 14.8. The highest BCUT2D eigenvalue weighted by atomic mass is 32.1. The van der Waals surface area contributed by atoms with Gasteiger partial charge in [0.2, 0.25) is 0 Å². The number of rotatable bonds is 6. The third-order valence-corrected chi connectivity index (χ3v) is 5.75. The Hall–Kier alpha value is -1.20. The molecule has 21 heavy (non-hydrogen) atoms. The van der Waals surface area contributed by atoms with Crippen LogP contribution in [0.3, 0.4) is 0 Å². The van der Waals surface area contributed by atoms with Crippen LogP contribution in [-0.2, 0) is 9.59 Å². The summed E-state index contributed by atoms with van der Waals surface area (Å²) in [6.07, 6.45) is 5.28. The standard InChI is InChI=1S/C16H21NO3S/c18-9-13-7-17(8-14(13)12-4-5-21-10-12)15(16(19)20)6-11-2-1-3-11/h4-5,9-11,13-15H,1-3,6-8H2,(H,19,20). The van der Waals surface area contributed by atoms with E-state index in [4.69, 9.17) is 0 Å². The summed E-state index contributed by atoms with van der Waals surface area (Å²) >= 11 is 1.63. The third kappa shape index (κ3) is 3.04. The molecule has 0 amide bonds. The van der Waals surface area contributed by atoms with Crippen molar-refractivity contribution in [2.24, 2.45) is 11.8 Å². The van der Waals surface area contributed by atoms with E-state index in [1.165, 1.54) is 12.0 Å². The Morgan fingerprint density at radius 1 is 1.48 bits per heavy atom. The molecule has 3 rings (SSSR count). The summed E-state index contributed by atoms with van der Waals surface area (Å²) in [4.78, 5) is 25.0. The first-order valence-corrected chi connectivity index (χ1v) is 8.57. The number of nitrogens with zero attached hydrogens (tertiary/aromatic N) is 1. The molecule has 1 saturated carbocycles. The predicted octanol–water partition coefficient (Wildman–Crippen LogP) is 2.61. The minimum atomic E-state index is -0.738. The number of carboxylic acids is 1. The predicted molar refractivity (Wildman–Crippen MR) is 81.6 cm³/mol. The van der Waals surface area contributed by atoms with Gasteiger partial charge in [0, 0.05) is 24.9 Å². The quantitative estimate of drug-likeness (QED) is 0.821. The van der Waals surface area contributed by atoms with Crippen molar-refractivity contribution in [3.8, 4) is 0 Å². The Morgan fingerprint density at radius 2 is 2.29 bits per heavy atom. The van der Waals surface area contributed by atoms with E-state index in [1.807, 2.05) is 10.3 Å². The van der Waals surface area contributed by atoms with Crippen LogP contribution in [0.1, 0.15) is 37.2 Å². The summed E-state index contributed by atoms with van der Waals surface area (Å²) in [5.41, 5.74) is 1.17. The molecule has 1 aromatic rings. The first-order valence-electron chi connectivity index (χ1n) is 7.63. The third-order valence-electron chi connectivity index (χ3n) is 5.05. The lowest BCUT2D eigenvalue weighted by Crippen LogP contribution is -2.42. The molecule has 0 radical (unpaired) electrons. The van der Waals surface area contributed by atoms with E-state index in [2.05, 4.69) is 11.4 Å². The minimum Gasteiger partial charge on any atom is -0.480 e. The second-order valence-corrected chi connectivity index (χ2v) is 7.08. The second-order valence-electron chi connectivity index (χ2n) is 6.30. The van der Waals surface area contributed by atoms with Crippen molar-refractivity contribution in [3.05, 3.63) is 22.4 Å². The highest BCUT2D eigenvalue weighted by Crippen LogP contribution is 2.37. The van der Waals surface area contributed by atoms with Gasteiger partial charge in [-0.3, -0.25) is 9.69 Å². The molecule has 1 aliphatic heterocycles. The van der Waals surface area contributed by atoms with Crippen LogP contribution in [0.25, 0.3) is 0 Å². The molecular formula is C16H21NO3S. The van der Waals surface area contributed by atoms with Gasteiger partial charge < -0.3 is 9.90 Å². The molecule has 3 unspecified atom stereocenters. The number of aliphatic carboxylic acids is 1. The highest BCUT2D eigenvalue weighted by Gasteiger charge is 2.40. The first-order chi connectivity index (χ1) is 10.2.